The number of ether oxygens (including phenoxy) is 1. The average molecular weight is 357 g/mol. The lowest BCUT2D eigenvalue weighted by Gasteiger charge is -2.32. The molecule has 1 aliphatic heterocycles. The maximum Gasteiger partial charge on any atom is 0.248 e. The summed E-state index contributed by atoms with van der Waals surface area (Å²) in [5.74, 6) is 1.01. The third-order valence-corrected chi connectivity index (χ3v) is 4.74. The van der Waals surface area contributed by atoms with Gasteiger partial charge in [0.1, 0.15) is 12.4 Å². The summed E-state index contributed by atoms with van der Waals surface area (Å²) in [5.41, 5.74) is 2.88. The first-order valence-electron chi connectivity index (χ1n) is 9.15. The SMILES string of the molecule is COCC(=O)N1CCC[C@@H](c2cc(-c3ccnn3C(C)C)nc(C)n2)C1. The zero-order chi connectivity index (χ0) is 18.7. The zero-order valence-corrected chi connectivity index (χ0v) is 16.0. The maximum atomic E-state index is 12.2. The van der Waals surface area contributed by atoms with Crippen LogP contribution in [0.3, 0.4) is 0 Å². The molecule has 0 unspecified atom stereocenters. The van der Waals surface area contributed by atoms with Crippen molar-refractivity contribution >= 4 is 5.91 Å². The third-order valence-electron chi connectivity index (χ3n) is 4.74. The summed E-state index contributed by atoms with van der Waals surface area (Å²) in [6.07, 6.45) is 3.80. The van der Waals surface area contributed by atoms with Crippen LogP contribution in [-0.2, 0) is 9.53 Å². The molecule has 1 fully saturated rings. The topological polar surface area (TPSA) is 73.1 Å². The highest BCUT2D eigenvalue weighted by Crippen LogP contribution is 2.29. The van der Waals surface area contributed by atoms with Gasteiger partial charge in [-0.2, -0.15) is 5.10 Å². The van der Waals surface area contributed by atoms with Crippen molar-refractivity contribution < 1.29 is 9.53 Å². The number of piperidine rings is 1. The Hall–Kier alpha value is -2.28. The second-order valence-corrected chi connectivity index (χ2v) is 7.09. The number of amides is 1. The fraction of sp³-hybridized carbons (Fsp3) is 0.579. The standard InChI is InChI=1S/C19H27N5O2/c1-13(2)24-18(7-8-20-24)17-10-16(21-14(3)22-17)15-6-5-9-23(11-15)19(25)12-26-4/h7-8,10,13,15H,5-6,9,11-12H2,1-4H3/t15-/m1/s1. The molecular formula is C19H27N5O2. The van der Waals surface area contributed by atoms with Crippen molar-refractivity contribution in [1.82, 2.24) is 24.6 Å². The molecule has 0 N–H and O–H groups in total. The highest BCUT2D eigenvalue weighted by molar-refractivity contribution is 5.77. The Morgan fingerprint density at radius 3 is 2.92 bits per heavy atom. The molecule has 26 heavy (non-hydrogen) atoms. The molecule has 0 spiro atoms. The third kappa shape index (κ3) is 3.93. The molecule has 3 rings (SSSR count). The first-order chi connectivity index (χ1) is 12.5. The van der Waals surface area contributed by atoms with Gasteiger partial charge in [-0.25, -0.2) is 9.97 Å². The molecule has 0 saturated carbocycles. The van der Waals surface area contributed by atoms with Gasteiger partial charge in [0.05, 0.1) is 11.4 Å². The van der Waals surface area contributed by atoms with Gasteiger partial charge in [-0.3, -0.25) is 9.48 Å². The predicted molar refractivity (Wildman–Crippen MR) is 98.8 cm³/mol. The van der Waals surface area contributed by atoms with Crippen molar-refractivity contribution in [2.24, 2.45) is 0 Å². The smallest absolute Gasteiger partial charge is 0.248 e. The van der Waals surface area contributed by atoms with Crippen molar-refractivity contribution in [2.45, 2.75) is 45.6 Å². The van der Waals surface area contributed by atoms with Crippen LogP contribution >= 0.6 is 0 Å². The van der Waals surface area contributed by atoms with Crippen LogP contribution in [0.15, 0.2) is 18.3 Å². The second-order valence-electron chi connectivity index (χ2n) is 7.09. The summed E-state index contributed by atoms with van der Waals surface area (Å²) in [7, 11) is 1.55. The van der Waals surface area contributed by atoms with Gasteiger partial charge in [-0.05, 0) is 45.7 Å². The van der Waals surface area contributed by atoms with Crippen LogP contribution in [0, 0.1) is 6.92 Å². The minimum Gasteiger partial charge on any atom is -0.375 e. The molecule has 2 aromatic rings. The van der Waals surface area contributed by atoms with Gasteiger partial charge in [0.15, 0.2) is 0 Å². The molecule has 1 atom stereocenters. The van der Waals surface area contributed by atoms with Crippen molar-refractivity contribution in [3.63, 3.8) is 0 Å². The molecule has 140 valence electrons. The molecule has 1 saturated heterocycles. The molecule has 1 aliphatic rings. The van der Waals surface area contributed by atoms with Gasteiger partial charge in [0, 0.05) is 44.0 Å². The lowest BCUT2D eigenvalue weighted by molar-refractivity contribution is -0.136. The predicted octanol–water partition coefficient (Wildman–Crippen LogP) is 2.58. The minimum atomic E-state index is 0.0427. The molecule has 0 bridgehead atoms. The van der Waals surface area contributed by atoms with Crippen LogP contribution in [0.4, 0.5) is 0 Å². The Kier molecular flexibility index (Phi) is 5.66. The van der Waals surface area contributed by atoms with Gasteiger partial charge >= 0.3 is 0 Å². The Bertz CT molecular complexity index is 771. The minimum absolute atomic E-state index is 0.0427. The number of aryl methyl sites for hydroxylation is 1. The van der Waals surface area contributed by atoms with E-state index in [1.54, 1.807) is 13.3 Å². The van der Waals surface area contributed by atoms with Crippen LogP contribution in [0.1, 0.15) is 50.2 Å². The number of hydrogen-bond donors (Lipinski definition) is 0. The second kappa shape index (κ2) is 7.95. The average Bonchev–Trinajstić information content (AvgIpc) is 3.12. The van der Waals surface area contributed by atoms with Gasteiger partial charge in [-0.1, -0.05) is 0 Å². The largest absolute Gasteiger partial charge is 0.375 e. The van der Waals surface area contributed by atoms with E-state index in [-0.39, 0.29) is 24.5 Å². The summed E-state index contributed by atoms with van der Waals surface area (Å²) < 4.78 is 6.97. The molecule has 7 heteroatoms. The number of carbonyl (C=O) groups excluding carboxylic acids is 1. The number of hydrogen-bond acceptors (Lipinski definition) is 5. The summed E-state index contributed by atoms with van der Waals surface area (Å²) in [6.45, 7) is 7.73. The lowest BCUT2D eigenvalue weighted by Crippen LogP contribution is -2.41. The fourth-order valence-corrected chi connectivity index (χ4v) is 3.52. The number of methoxy groups -OCH3 is 1. The molecule has 0 radical (unpaired) electrons. The molecule has 0 aromatic carbocycles. The van der Waals surface area contributed by atoms with E-state index in [0.717, 1.165) is 42.3 Å². The summed E-state index contributed by atoms with van der Waals surface area (Å²) >= 11 is 0. The number of likely N-dealkylation sites (tertiary alicyclic amines) is 1. The van der Waals surface area contributed by atoms with Crippen LogP contribution < -0.4 is 0 Å². The van der Waals surface area contributed by atoms with Crippen molar-refractivity contribution in [3.8, 4) is 11.4 Å². The summed E-state index contributed by atoms with van der Waals surface area (Å²) in [6, 6.07) is 4.30. The van der Waals surface area contributed by atoms with E-state index >= 15 is 0 Å². The van der Waals surface area contributed by atoms with Crippen LogP contribution in [0.5, 0.6) is 0 Å². The van der Waals surface area contributed by atoms with Gasteiger partial charge < -0.3 is 9.64 Å². The van der Waals surface area contributed by atoms with E-state index in [9.17, 15) is 4.79 Å². The van der Waals surface area contributed by atoms with Crippen LogP contribution in [0.25, 0.3) is 11.4 Å². The van der Waals surface area contributed by atoms with Gasteiger partial charge in [0.25, 0.3) is 0 Å². The Balaban J connectivity index is 1.88. The molecule has 3 heterocycles. The van der Waals surface area contributed by atoms with E-state index in [0.29, 0.717) is 6.54 Å². The molecule has 1 amide bonds. The first-order valence-corrected chi connectivity index (χ1v) is 9.15. The summed E-state index contributed by atoms with van der Waals surface area (Å²) in [4.78, 5) is 23.4. The van der Waals surface area contributed by atoms with Crippen molar-refractivity contribution in [1.29, 1.82) is 0 Å². The van der Waals surface area contributed by atoms with Gasteiger partial charge in [0.2, 0.25) is 5.91 Å². The number of nitrogens with zero attached hydrogens (tertiary/aromatic N) is 5. The molecular weight excluding hydrogens is 330 g/mol. The lowest BCUT2D eigenvalue weighted by atomic mass is 9.93. The first kappa shape index (κ1) is 18.5. The van der Waals surface area contributed by atoms with E-state index in [4.69, 9.17) is 4.74 Å². The quantitative estimate of drug-likeness (QED) is 0.822. The normalized spacial score (nSPS) is 17.7. The van der Waals surface area contributed by atoms with Crippen LogP contribution in [-0.4, -0.2) is 57.4 Å². The molecule has 2 aromatic heterocycles. The van der Waals surface area contributed by atoms with Crippen LogP contribution in [0.2, 0.25) is 0 Å². The molecule has 0 aliphatic carbocycles. The molecule has 7 nitrogen and oxygen atoms in total. The fourth-order valence-electron chi connectivity index (χ4n) is 3.52. The number of rotatable bonds is 5. The Labute approximate surface area is 154 Å². The van der Waals surface area contributed by atoms with E-state index < -0.39 is 0 Å². The van der Waals surface area contributed by atoms with Crippen molar-refractivity contribution in [3.05, 3.63) is 29.8 Å². The van der Waals surface area contributed by atoms with E-state index in [1.807, 2.05) is 22.6 Å². The number of aromatic nitrogens is 4. The maximum absolute atomic E-state index is 12.2. The Morgan fingerprint density at radius 2 is 2.19 bits per heavy atom. The van der Waals surface area contributed by atoms with E-state index in [2.05, 4.69) is 35.0 Å². The highest BCUT2D eigenvalue weighted by atomic mass is 16.5. The monoisotopic (exact) mass is 357 g/mol. The Morgan fingerprint density at radius 1 is 1.38 bits per heavy atom. The highest BCUT2D eigenvalue weighted by Gasteiger charge is 2.26. The van der Waals surface area contributed by atoms with Gasteiger partial charge in [-0.15, -0.1) is 0 Å². The zero-order valence-electron chi connectivity index (χ0n) is 16.0. The summed E-state index contributed by atoms with van der Waals surface area (Å²) in [5, 5.41) is 4.41. The van der Waals surface area contributed by atoms with Crippen molar-refractivity contribution in [2.75, 3.05) is 26.8 Å². The number of carbonyl (C=O) groups is 1. The van der Waals surface area contributed by atoms with E-state index in [1.165, 1.54) is 0 Å².